The van der Waals surface area contributed by atoms with Gasteiger partial charge in [0.1, 0.15) is 48.0 Å². The number of hydrogen-bond donors (Lipinski definition) is 1. The van der Waals surface area contributed by atoms with E-state index in [9.17, 15) is 28.4 Å². The Morgan fingerprint density at radius 3 is 2.23 bits per heavy atom. The molecule has 39 heavy (non-hydrogen) atoms. The molecule has 0 radical (unpaired) electrons. The molecule has 1 N–H and O–H groups in total. The number of aryl methyl sites for hydroxylation is 1. The minimum Gasteiger partial charge on any atom is -0.491 e. The number of nitro groups is 1. The van der Waals surface area contributed by atoms with Crippen LogP contribution in [0.4, 0.5) is 19.0 Å². The van der Waals surface area contributed by atoms with E-state index in [4.69, 9.17) is 9.47 Å². The van der Waals surface area contributed by atoms with Gasteiger partial charge in [0.15, 0.2) is 0 Å². The zero-order valence-electron chi connectivity index (χ0n) is 20.7. The summed E-state index contributed by atoms with van der Waals surface area (Å²) in [4.78, 5) is 14.2. The van der Waals surface area contributed by atoms with E-state index in [1.165, 1.54) is 27.6 Å². The van der Waals surface area contributed by atoms with Crippen LogP contribution in [0, 0.1) is 17.0 Å². The SMILES string of the molecule is Cc1nc([N+](=O)[O-])cn1C[C@@](C)(O)COc1ccc(-n2cc(COc3ccc(OC(F)(F)F)cc3)nn2)cc1. The smallest absolute Gasteiger partial charge is 0.491 e. The Bertz CT molecular complexity index is 1420. The molecule has 2 aromatic carbocycles. The molecule has 206 valence electrons. The van der Waals surface area contributed by atoms with Crippen LogP contribution in [0.15, 0.2) is 60.9 Å². The van der Waals surface area contributed by atoms with E-state index in [0.29, 0.717) is 28.7 Å². The summed E-state index contributed by atoms with van der Waals surface area (Å²) in [6, 6.07) is 11.8. The Morgan fingerprint density at radius 1 is 1.00 bits per heavy atom. The summed E-state index contributed by atoms with van der Waals surface area (Å²) < 4.78 is 54.8. The fraction of sp³-hybridized carbons (Fsp3) is 0.292. The van der Waals surface area contributed by atoms with Crippen molar-refractivity contribution in [2.24, 2.45) is 0 Å². The predicted molar refractivity (Wildman–Crippen MR) is 129 cm³/mol. The molecule has 0 aliphatic carbocycles. The van der Waals surface area contributed by atoms with Gasteiger partial charge in [-0.3, -0.25) is 0 Å². The molecule has 2 heterocycles. The number of halogens is 3. The third-order valence-electron chi connectivity index (χ3n) is 5.30. The lowest BCUT2D eigenvalue weighted by atomic mass is 10.1. The highest BCUT2D eigenvalue weighted by atomic mass is 19.4. The van der Waals surface area contributed by atoms with Gasteiger partial charge in [-0.1, -0.05) is 5.21 Å². The van der Waals surface area contributed by atoms with Crippen molar-refractivity contribution in [3.63, 3.8) is 0 Å². The topological polar surface area (TPSA) is 140 Å². The molecule has 0 spiro atoms. The number of benzene rings is 2. The fourth-order valence-corrected chi connectivity index (χ4v) is 3.47. The summed E-state index contributed by atoms with van der Waals surface area (Å²) in [6.45, 7) is 3.17. The second-order valence-electron chi connectivity index (χ2n) is 8.77. The molecule has 0 fully saturated rings. The lowest BCUT2D eigenvalue weighted by molar-refractivity contribution is -0.389. The van der Waals surface area contributed by atoms with Gasteiger partial charge in [-0.05, 0) is 65.4 Å². The minimum absolute atomic E-state index is 0.0370. The first kappa shape index (κ1) is 27.4. The van der Waals surface area contributed by atoms with Crippen molar-refractivity contribution in [2.75, 3.05) is 6.61 Å². The fourth-order valence-electron chi connectivity index (χ4n) is 3.47. The van der Waals surface area contributed by atoms with Crippen molar-refractivity contribution < 1.29 is 37.4 Å². The standard InChI is InChI=1S/C24H23F3N6O6/c1-16-28-22(33(35)36)12-31(16)14-23(2,34)15-38-20-5-3-18(4-6-20)32-11-17(29-30-32)13-37-19-7-9-21(10-8-19)39-24(25,26)27/h3-12,34H,13-15H2,1-2H3/t23-/m1/s1. The van der Waals surface area contributed by atoms with Gasteiger partial charge in [-0.25, -0.2) is 4.68 Å². The summed E-state index contributed by atoms with van der Waals surface area (Å²) in [5.74, 6) is 0.567. The van der Waals surface area contributed by atoms with Crippen LogP contribution in [0.1, 0.15) is 18.4 Å². The molecule has 0 bridgehead atoms. The molecule has 15 heteroatoms. The Balaban J connectivity index is 1.29. The Kier molecular flexibility index (Phi) is 7.71. The van der Waals surface area contributed by atoms with Crippen LogP contribution in [0.2, 0.25) is 0 Å². The summed E-state index contributed by atoms with van der Waals surface area (Å²) in [6.07, 6.45) is -1.87. The maximum Gasteiger partial charge on any atom is 0.573 e. The molecule has 4 aromatic rings. The number of aromatic nitrogens is 5. The van der Waals surface area contributed by atoms with Crippen molar-refractivity contribution in [3.8, 4) is 22.9 Å². The van der Waals surface area contributed by atoms with Crippen molar-refractivity contribution in [1.82, 2.24) is 24.5 Å². The van der Waals surface area contributed by atoms with E-state index in [2.05, 4.69) is 20.0 Å². The summed E-state index contributed by atoms with van der Waals surface area (Å²) >= 11 is 0. The maximum atomic E-state index is 12.3. The highest BCUT2D eigenvalue weighted by molar-refractivity contribution is 5.37. The number of imidazole rings is 1. The normalized spacial score (nSPS) is 13.1. The Hall–Kier alpha value is -4.66. The second-order valence-corrected chi connectivity index (χ2v) is 8.77. The minimum atomic E-state index is -4.77. The van der Waals surface area contributed by atoms with Crippen LogP contribution in [0.5, 0.6) is 17.2 Å². The quantitative estimate of drug-likeness (QED) is 0.218. The number of ether oxygens (including phenoxy) is 3. The van der Waals surface area contributed by atoms with E-state index in [1.54, 1.807) is 44.3 Å². The lowest BCUT2D eigenvalue weighted by Gasteiger charge is -2.24. The molecule has 0 saturated carbocycles. The summed E-state index contributed by atoms with van der Waals surface area (Å²) in [5, 5.41) is 29.7. The van der Waals surface area contributed by atoms with Gasteiger partial charge < -0.3 is 34.0 Å². The third-order valence-corrected chi connectivity index (χ3v) is 5.30. The summed E-state index contributed by atoms with van der Waals surface area (Å²) in [5.41, 5.74) is -0.176. The molecule has 0 amide bonds. The third kappa shape index (κ3) is 7.67. The second kappa shape index (κ2) is 11.0. The number of rotatable bonds is 11. The highest BCUT2D eigenvalue weighted by Gasteiger charge is 2.31. The van der Waals surface area contributed by atoms with Gasteiger partial charge in [-0.2, -0.15) is 0 Å². The lowest BCUT2D eigenvalue weighted by Crippen LogP contribution is -2.37. The molecule has 4 rings (SSSR count). The van der Waals surface area contributed by atoms with Gasteiger partial charge in [0.25, 0.3) is 0 Å². The molecular formula is C24H23F3N6O6. The zero-order valence-corrected chi connectivity index (χ0v) is 20.7. The Morgan fingerprint density at radius 2 is 1.62 bits per heavy atom. The van der Waals surface area contributed by atoms with Gasteiger partial charge in [0.05, 0.1) is 18.4 Å². The van der Waals surface area contributed by atoms with Crippen LogP contribution in [0.25, 0.3) is 5.69 Å². The summed E-state index contributed by atoms with van der Waals surface area (Å²) in [7, 11) is 0. The molecular weight excluding hydrogens is 525 g/mol. The Labute approximate surface area is 219 Å². The first-order chi connectivity index (χ1) is 18.4. The van der Waals surface area contributed by atoms with E-state index in [0.717, 1.165) is 12.1 Å². The van der Waals surface area contributed by atoms with Crippen molar-refractivity contribution >= 4 is 5.82 Å². The average Bonchev–Trinajstić information content (AvgIpc) is 3.48. The van der Waals surface area contributed by atoms with E-state index >= 15 is 0 Å². The predicted octanol–water partition coefficient (Wildman–Crippen LogP) is 3.99. The van der Waals surface area contributed by atoms with Crippen LogP contribution in [-0.4, -0.2) is 53.1 Å². The highest BCUT2D eigenvalue weighted by Crippen LogP contribution is 2.25. The molecule has 12 nitrogen and oxygen atoms in total. The first-order valence-electron chi connectivity index (χ1n) is 11.4. The number of alkyl halides is 3. The van der Waals surface area contributed by atoms with E-state index in [1.807, 2.05) is 0 Å². The van der Waals surface area contributed by atoms with Crippen LogP contribution in [-0.2, 0) is 13.2 Å². The van der Waals surface area contributed by atoms with Gasteiger partial charge in [-0.15, -0.1) is 18.3 Å². The molecule has 0 saturated heterocycles. The van der Waals surface area contributed by atoms with Crippen LogP contribution >= 0.6 is 0 Å². The monoisotopic (exact) mass is 548 g/mol. The molecule has 0 aliphatic rings. The first-order valence-corrected chi connectivity index (χ1v) is 11.4. The number of nitrogens with zero attached hydrogens (tertiary/aromatic N) is 6. The molecule has 0 unspecified atom stereocenters. The van der Waals surface area contributed by atoms with Crippen LogP contribution < -0.4 is 14.2 Å². The number of hydrogen-bond acceptors (Lipinski definition) is 9. The molecule has 1 atom stereocenters. The van der Waals surface area contributed by atoms with Crippen LogP contribution in [0.3, 0.4) is 0 Å². The largest absolute Gasteiger partial charge is 0.573 e. The molecule has 2 aromatic heterocycles. The van der Waals surface area contributed by atoms with E-state index in [-0.39, 0.29) is 31.3 Å². The average molecular weight is 548 g/mol. The number of aliphatic hydroxyl groups is 1. The molecule has 0 aliphatic heterocycles. The van der Waals surface area contributed by atoms with Crippen molar-refractivity contribution in [3.05, 3.63) is 82.6 Å². The van der Waals surface area contributed by atoms with Crippen molar-refractivity contribution in [1.29, 1.82) is 0 Å². The van der Waals surface area contributed by atoms with E-state index < -0.39 is 16.9 Å². The van der Waals surface area contributed by atoms with Crippen molar-refractivity contribution in [2.45, 2.75) is 39.0 Å². The van der Waals surface area contributed by atoms with Gasteiger partial charge in [0.2, 0.25) is 5.82 Å². The zero-order chi connectivity index (χ0) is 28.2. The van der Waals surface area contributed by atoms with Gasteiger partial charge >= 0.3 is 12.2 Å². The maximum absolute atomic E-state index is 12.3. The van der Waals surface area contributed by atoms with Gasteiger partial charge in [0, 0.05) is 6.92 Å².